The molecule has 1 unspecified atom stereocenters. The average Bonchev–Trinajstić information content (AvgIpc) is 2.42. The fourth-order valence-corrected chi connectivity index (χ4v) is 2.77. The molecule has 0 spiro atoms. The van der Waals surface area contributed by atoms with Crippen LogP contribution in [0.3, 0.4) is 0 Å². The normalized spacial score (nSPS) is 21.3. The molecule has 1 aliphatic rings. The summed E-state index contributed by atoms with van der Waals surface area (Å²) in [4.78, 5) is 12.4. The Morgan fingerprint density at radius 3 is 2.53 bits per heavy atom. The summed E-state index contributed by atoms with van der Waals surface area (Å²) in [5.74, 6) is -0.0341. The van der Waals surface area contributed by atoms with Crippen molar-refractivity contribution in [3.63, 3.8) is 0 Å². The topological polar surface area (TPSA) is 41.1 Å². The van der Waals surface area contributed by atoms with Gasteiger partial charge in [0.05, 0.1) is 11.4 Å². The molecule has 0 aliphatic carbocycles. The number of amides is 1. The molecule has 3 rings (SSSR count). The lowest BCUT2D eigenvalue weighted by atomic mass is 9.88. The third-order valence-corrected chi connectivity index (χ3v) is 4.09. The maximum Gasteiger partial charge on any atom is 0.254 e. The van der Waals surface area contributed by atoms with Gasteiger partial charge in [0.1, 0.15) is 5.54 Å². The molecule has 0 fully saturated rings. The van der Waals surface area contributed by atoms with Crippen molar-refractivity contribution < 1.29 is 4.79 Å². The van der Waals surface area contributed by atoms with Crippen LogP contribution in [0.2, 0.25) is 0 Å². The smallest absolute Gasteiger partial charge is 0.254 e. The van der Waals surface area contributed by atoms with Gasteiger partial charge in [-0.05, 0) is 53.3 Å². The van der Waals surface area contributed by atoms with Crippen LogP contribution in [0.5, 0.6) is 0 Å². The molecule has 2 aromatic rings. The quantitative estimate of drug-likeness (QED) is 0.760. The second-order valence-electron chi connectivity index (χ2n) is 4.76. The predicted molar refractivity (Wildman–Crippen MR) is 85.2 cm³/mol. The molecule has 1 aliphatic heterocycles. The first-order valence-electron chi connectivity index (χ1n) is 6.04. The van der Waals surface area contributed by atoms with Crippen LogP contribution < -0.4 is 10.6 Å². The lowest BCUT2D eigenvalue weighted by molar-refractivity contribution is -0.120. The van der Waals surface area contributed by atoms with Crippen molar-refractivity contribution >= 4 is 39.9 Å². The number of fused-ring (bicyclic) bond motifs is 1. The fraction of sp³-hybridized carbons (Fsp3) is 0.133. The highest BCUT2D eigenvalue weighted by Gasteiger charge is 2.39. The molecule has 1 amide bonds. The van der Waals surface area contributed by atoms with Crippen LogP contribution in [-0.4, -0.2) is 5.91 Å². The second-order valence-corrected chi connectivity index (χ2v) is 6.01. The van der Waals surface area contributed by atoms with Crippen molar-refractivity contribution in [3.05, 3.63) is 57.7 Å². The van der Waals surface area contributed by atoms with Crippen molar-refractivity contribution in [2.24, 2.45) is 0 Å². The molecule has 0 radical (unpaired) electrons. The summed E-state index contributed by atoms with van der Waals surface area (Å²) in [7, 11) is 0. The van der Waals surface area contributed by atoms with Gasteiger partial charge in [0.15, 0.2) is 0 Å². The number of nitrogens with one attached hydrogen (secondary N) is 2. The SMILES string of the molecule is CC1(c2ccccc2)Nc2ccc(I)cc2NC1=O. The Morgan fingerprint density at radius 2 is 1.79 bits per heavy atom. The molecule has 0 bridgehead atoms. The number of halogens is 1. The van der Waals surface area contributed by atoms with E-state index in [0.29, 0.717) is 0 Å². The van der Waals surface area contributed by atoms with Gasteiger partial charge in [-0.25, -0.2) is 0 Å². The number of benzene rings is 2. The molecule has 0 aromatic heterocycles. The third kappa shape index (κ3) is 2.10. The van der Waals surface area contributed by atoms with Crippen LogP contribution in [0.1, 0.15) is 12.5 Å². The summed E-state index contributed by atoms with van der Waals surface area (Å²) in [6, 6.07) is 15.7. The van der Waals surface area contributed by atoms with E-state index in [0.717, 1.165) is 20.5 Å². The highest BCUT2D eigenvalue weighted by molar-refractivity contribution is 14.1. The van der Waals surface area contributed by atoms with Crippen LogP contribution in [0.25, 0.3) is 0 Å². The van der Waals surface area contributed by atoms with Crippen molar-refractivity contribution in [1.29, 1.82) is 0 Å². The van der Waals surface area contributed by atoms with E-state index in [9.17, 15) is 4.79 Å². The van der Waals surface area contributed by atoms with Crippen LogP contribution in [0.15, 0.2) is 48.5 Å². The van der Waals surface area contributed by atoms with Gasteiger partial charge >= 0.3 is 0 Å². The zero-order chi connectivity index (χ0) is 13.5. The van der Waals surface area contributed by atoms with Gasteiger partial charge in [-0.1, -0.05) is 30.3 Å². The van der Waals surface area contributed by atoms with Gasteiger partial charge in [-0.15, -0.1) is 0 Å². The fourth-order valence-electron chi connectivity index (χ4n) is 2.28. The van der Waals surface area contributed by atoms with E-state index in [1.54, 1.807) is 0 Å². The third-order valence-electron chi connectivity index (χ3n) is 3.42. The Balaban J connectivity index is 2.07. The monoisotopic (exact) mass is 364 g/mol. The molecular formula is C15H13IN2O. The van der Waals surface area contributed by atoms with E-state index in [1.165, 1.54) is 0 Å². The number of hydrogen-bond donors (Lipinski definition) is 2. The molecule has 0 saturated heterocycles. The number of anilines is 2. The summed E-state index contributed by atoms with van der Waals surface area (Å²) >= 11 is 2.23. The lowest BCUT2D eigenvalue weighted by Crippen LogP contribution is -2.47. The van der Waals surface area contributed by atoms with E-state index >= 15 is 0 Å². The van der Waals surface area contributed by atoms with Crippen molar-refractivity contribution in [2.45, 2.75) is 12.5 Å². The number of rotatable bonds is 1. The van der Waals surface area contributed by atoms with Gasteiger partial charge in [0.25, 0.3) is 5.91 Å². The van der Waals surface area contributed by atoms with E-state index < -0.39 is 5.54 Å². The van der Waals surface area contributed by atoms with Gasteiger partial charge in [-0.3, -0.25) is 4.79 Å². The molecule has 3 nitrogen and oxygen atoms in total. The first-order valence-corrected chi connectivity index (χ1v) is 7.12. The highest BCUT2D eigenvalue weighted by atomic mass is 127. The van der Waals surface area contributed by atoms with E-state index in [1.807, 2.05) is 55.5 Å². The van der Waals surface area contributed by atoms with Crippen molar-refractivity contribution in [2.75, 3.05) is 10.6 Å². The minimum atomic E-state index is -0.735. The largest absolute Gasteiger partial charge is 0.366 e. The summed E-state index contributed by atoms with van der Waals surface area (Å²) in [6.45, 7) is 1.90. The summed E-state index contributed by atoms with van der Waals surface area (Å²) in [5, 5.41) is 6.33. The van der Waals surface area contributed by atoms with Crippen molar-refractivity contribution in [1.82, 2.24) is 0 Å². The second kappa shape index (κ2) is 4.52. The molecule has 0 saturated carbocycles. The molecular weight excluding hydrogens is 351 g/mol. The van der Waals surface area contributed by atoms with E-state index in [4.69, 9.17) is 0 Å². The number of carbonyl (C=O) groups excluding carboxylic acids is 1. The molecule has 1 heterocycles. The molecule has 2 N–H and O–H groups in total. The molecule has 19 heavy (non-hydrogen) atoms. The van der Waals surface area contributed by atoms with E-state index in [-0.39, 0.29) is 5.91 Å². The Bertz CT molecular complexity index is 642. The Hall–Kier alpha value is -1.56. The maximum atomic E-state index is 12.4. The molecule has 4 heteroatoms. The van der Waals surface area contributed by atoms with Gasteiger partial charge < -0.3 is 10.6 Å². The van der Waals surface area contributed by atoms with Crippen LogP contribution in [0, 0.1) is 3.57 Å². The maximum absolute atomic E-state index is 12.4. The van der Waals surface area contributed by atoms with Crippen molar-refractivity contribution in [3.8, 4) is 0 Å². The zero-order valence-electron chi connectivity index (χ0n) is 10.4. The number of carbonyl (C=O) groups is 1. The lowest BCUT2D eigenvalue weighted by Gasteiger charge is -2.36. The Kier molecular flexibility index (Phi) is 2.97. The van der Waals surface area contributed by atoms with E-state index in [2.05, 4.69) is 33.2 Å². The minimum Gasteiger partial charge on any atom is -0.366 e. The Morgan fingerprint density at radius 1 is 1.05 bits per heavy atom. The Labute approximate surface area is 125 Å². The summed E-state index contributed by atoms with van der Waals surface area (Å²) in [6.07, 6.45) is 0. The van der Waals surface area contributed by atoms with Crippen LogP contribution in [-0.2, 0) is 10.3 Å². The first kappa shape index (κ1) is 12.5. The van der Waals surface area contributed by atoms with Crippen LogP contribution >= 0.6 is 22.6 Å². The highest BCUT2D eigenvalue weighted by Crippen LogP contribution is 2.36. The predicted octanol–water partition coefficient (Wildman–Crippen LogP) is 3.57. The summed E-state index contributed by atoms with van der Waals surface area (Å²) < 4.78 is 1.10. The summed E-state index contributed by atoms with van der Waals surface area (Å²) in [5.41, 5.74) is 2.01. The average molecular weight is 364 g/mol. The zero-order valence-corrected chi connectivity index (χ0v) is 12.6. The van der Waals surface area contributed by atoms with Gasteiger partial charge in [-0.2, -0.15) is 0 Å². The van der Waals surface area contributed by atoms with Crippen LogP contribution in [0.4, 0.5) is 11.4 Å². The molecule has 1 atom stereocenters. The van der Waals surface area contributed by atoms with Gasteiger partial charge in [0.2, 0.25) is 0 Å². The minimum absolute atomic E-state index is 0.0341. The first-order chi connectivity index (χ1) is 9.09. The van der Waals surface area contributed by atoms with Gasteiger partial charge in [0, 0.05) is 3.57 Å². The molecule has 2 aromatic carbocycles. The molecule has 96 valence electrons. The number of hydrogen-bond acceptors (Lipinski definition) is 2. The standard InChI is InChI=1S/C15H13IN2O/c1-15(10-5-3-2-4-6-10)14(19)17-13-9-11(16)7-8-12(13)18-15/h2-9,18H,1H3,(H,17,19).